The van der Waals surface area contributed by atoms with Gasteiger partial charge in [-0.3, -0.25) is 0 Å². The Hall–Kier alpha value is -1.97. The Morgan fingerprint density at radius 2 is 2.40 bits per heavy atom. The standard InChI is InChI=1S/C11H12N2O2/c1-3-15-8(2)10-6-12-13-7-9(14)4-5-11(10)13/h4-7,14H,2-3H2,1H3. The van der Waals surface area contributed by atoms with Crippen molar-refractivity contribution in [3.8, 4) is 5.75 Å². The van der Waals surface area contributed by atoms with Gasteiger partial charge < -0.3 is 9.84 Å². The van der Waals surface area contributed by atoms with Crippen molar-refractivity contribution in [1.29, 1.82) is 0 Å². The quantitative estimate of drug-likeness (QED) is 0.778. The lowest BCUT2D eigenvalue weighted by molar-refractivity contribution is 0.299. The summed E-state index contributed by atoms with van der Waals surface area (Å²) >= 11 is 0. The predicted molar refractivity (Wildman–Crippen MR) is 57.5 cm³/mol. The maximum Gasteiger partial charge on any atom is 0.133 e. The third kappa shape index (κ3) is 1.66. The van der Waals surface area contributed by atoms with E-state index in [4.69, 9.17) is 4.74 Å². The molecule has 2 heterocycles. The number of ether oxygens (including phenoxy) is 1. The van der Waals surface area contributed by atoms with Crippen LogP contribution in [-0.2, 0) is 4.74 Å². The Morgan fingerprint density at radius 1 is 1.60 bits per heavy atom. The zero-order valence-corrected chi connectivity index (χ0v) is 8.47. The molecule has 0 saturated heterocycles. The molecular weight excluding hydrogens is 192 g/mol. The van der Waals surface area contributed by atoms with Crippen molar-refractivity contribution in [2.45, 2.75) is 6.92 Å². The summed E-state index contributed by atoms with van der Waals surface area (Å²) in [5, 5.41) is 13.4. The van der Waals surface area contributed by atoms with Gasteiger partial charge in [0.2, 0.25) is 0 Å². The first kappa shape index (κ1) is 9.58. The lowest BCUT2D eigenvalue weighted by Gasteiger charge is -2.04. The average molecular weight is 204 g/mol. The Labute approximate surface area is 87.4 Å². The number of rotatable bonds is 3. The molecule has 0 saturated carbocycles. The molecule has 2 aromatic heterocycles. The van der Waals surface area contributed by atoms with Gasteiger partial charge in [0.1, 0.15) is 11.5 Å². The van der Waals surface area contributed by atoms with Crippen molar-refractivity contribution < 1.29 is 9.84 Å². The van der Waals surface area contributed by atoms with Crippen molar-refractivity contribution in [2.75, 3.05) is 6.61 Å². The van der Waals surface area contributed by atoms with Crippen LogP contribution in [0.5, 0.6) is 5.75 Å². The lowest BCUT2D eigenvalue weighted by atomic mass is 10.2. The van der Waals surface area contributed by atoms with Gasteiger partial charge in [0.25, 0.3) is 0 Å². The summed E-state index contributed by atoms with van der Waals surface area (Å²) in [6.07, 6.45) is 3.21. The largest absolute Gasteiger partial charge is 0.506 e. The number of nitrogens with zero attached hydrogens (tertiary/aromatic N) is 2. The molecule has 4 nitrogen and oxygen atoms in total. The van der Waals surface area contributed by atoms with E-state index in [2.05, 4.69) is 11.7 Å². The first-order chi connectivity index (χ1) is 7.22. The van der Waals surface area contributed by atoms with Crippen LogP contribution < -0.4 is 0 Å². The fourth-order valence-electron chi connectivity index (χ4n) is 1.44. The smallest absolute Gasteiger partial charge is 0.133 e. The maximum atomic E-state index is 9.27. The third-order valence-electron chi connectivity index (χ3n) is 2.12. The highest BCUT2D eigenvalue weighted by atomic mass is 16.5. The van der Waals surface area contributed by atoms with Crippen molar-refractivity contribution in [2.24, 2.45) is 0 Å². The highest BCUT2D eigenvalue weighted by molar-refractivity contribution is 5.73. The molecule has 0 aliphatic carbocycles. The third-order valence-corrected chi connectivity index (χ3v) is 2.12. The van der Waals surface area contributed by atoms with E-state index in [1.165, 1.54) is 6.20 Å². The number of fused-ring (bicyclic) bond motifs is 1. The van der Waals surface area contributed by atoms with Crippen LogP contribution in [0.1, 0.15) is 12.5 Å². The van der Waals surface area contributed by atoms with Gasteiger partial charge in [0.15, 0.2) is 0 Å². The first-order valence-corrected chi connectivity index (χ1v) is 4.71. The minimum atomic E-state index is 0.180. The average Bonchev–Trinajstić information content (AvgIpc) is 2.60. The number of aromatic nitrogens is 2. The summed E-state index contributed by atoms with van der Waals surface area (Å²) < 4.78 is 6.91. The van der Waals surface area contributed by atoms with Gasteiger partial charge in [-0.1, -0.05) is 6.58 Å². The lowest BCUT2D eigenvalue weighted by Crippen LogP contribution is -1.90. The minimum absolute atomic E-state index is 0.180. The van der Waals surface area contributed by atoms with Gasteiger partial charge in [-0.25, -0.2) is 4.52 Å². The summed E-state index contributed by atoms with van der Waals surface area (Å²) in [5.41, 5.74) is 1.71. The molecule has 0 radical (unpaired) electrons. The van der Waals surface area contributed by atoms with E-state index in [1.54, 1.807) is 22.8 Å². The van der Waals surface area contributed by atoms with Crippen LogP contribution in [0.15, 0.2) is 31.1 Å². The van der Waals surface area contributed by atoms with Gasteiger partial charge in [0.05, 0.1) is 30.1 Å². The summed E-state index contributed by atoms with van der Waals surface area (Å²) in [6.45, 7) is 6.30. The van der Waals surface area contributed by atoms with Gasteiger partial charge in [-0.15, -0.1) is 0 Å². The van der Waals surface area contributed by atoms with E-state index in [9.17, 15) is 5.11 Å². The summed E-state index contributed by atoms with van der Waals surface area (Å²) in [6, 6.07) is 3.39. The van der Waals surface area contributed by atoms with Crippen LogP contribution in [0.4, 0.5) is 0 Å². The highest BCUT2D eigenvalue weighted by Crippen LogP contribution is 2.21. The van der Waals surface area contributed by atoms with Crippen LogP contribution in [0.3, 0.4) is 0 Å². The molecule has 2 rings (SSSR count). The molecule has 0 aromatic carbocycles. The summed E-state index contributed by atoms with van der Waals surface area (Å²) in [4.78, 5) is 0. The van der Waals surface area contributed by atoms with Crippen LogP contribution in [-0.4, -0.2) is 21.3 Å². The molecule has 0 unspecified atom stereocenters. The van der Waals surface area contributed by atoms with Crippen LogP contribution in [0.25, 0.3) is 11.3 Å². The van der Waals surface area contributed by atoms with Crippen LogP contribution in [0, 0.1) is 0 Å². The van der Waals surface area contributed by atoms with Crippen molar-refractivity contribution in [3.05, 3.63) is 36.7 Å². The molecule has 0 aliphatic rings. The van der Waals surface area contributed by atoms with E-state index in [0.717, 1.165) is 11.1 Å². The van der Waals surface area contributed by atoms with Crippen molar-refractivity contribution >= 4 is 11.3 Å². The molecule has 1 N–H and O–H groups in total. The normalized spacial score (nSPS) is 10.5. The van der Waals surface area contributed by atoms with E-state index >= 15 is 0 Å². The Bertz CT molecular complexity index is 502. The number of hydrogen-bond acceptors (Lipinski definition) is 3. The zero-order chi connectivity index (χ0) is 10.8. The van der Waals surface area contributed by atoms with Gasteiger partial charge in [0, 0.05) is 0 Å². The zero-order valence-electron chi connectivity index (χ0n) is 8.47. The molecule has 78 valence electrons. The van der Waals surface area contributed by atoms with E-state index in [1.807, 2.05) is 6.92 Å². The topological polar surface area (TPSA) is 46.8 Å². The fourth-order valence-corrected chi connectivity index (χ4v) is 1.44. The molecule has 15 heavy (non-hydrogen) atoms. The molecular formula is C11H12N2O2. The second-order valence-corrected chi connectivity index (χ2v) is 3.13. The summed E-state index contributed by atoms with van der Waals surface area (Å²) in [7, 11) is 0. The van der Waals surface area contributed by atoms with Crippen LogP contribution in [0.2, 0.25) is 0 Å². The van der Waals surface area contributed by atoms with Crippen molar-refractivity contribution in [1.82, 2.24) is 9.61 Å². The molecule has 0 bridgehead atoms. The molecule has 4 heteroatoms. The molecule has 0 spiro atoms. The molecule has 2 aromatic rings. The molecule has 0 amide bonds. The second kappa shape index (κ2) is 3.65. The molecule has 0 aliphatic heterocycles. The monoisotopic (exact) mass is 204 g/mol. The molecule has 0 fully saturated rings. The minimum Gasteiger partial charge on any atom is -0.506 e. The van der Waals surface area contributed by atoms with Crippen LogP contribution >= 0.6 is 0 Å². The maximum absolute atomic E-state index is 9.27. The predicted octanol–water partition coefficient (Wildman–Crippen LogP) is 2.05. The van der Waals surface area contributed by atoms with E-state index < -0.39 is 0 Å². The van der Waals surface area contributed by atoms with E-state index in [0.29, 0.717) is 12.4 Å². The second-order valence-electron chi connectivity index (χ2n) is 3.13. The van der Waals surface area contributed by atoms with Gasteiger partial charge in [-0.05, 0) is 19.1 Å². The first-order valence-electron chi connectivity index (χ1n) is 4.71. The summed E-state index contributed by atoms with van der Waals surface area (Å²) in [5.74, 6) is 0.775. The number of hydrogen-bond donors (Lipinski definition) is 1. The molecule has 0 atom stereocenters. The Balaban J connectivity index is 2.49. The SMILES string of the molecule is C=C(OCC)c1cnn2cc(O)ccc12. The Morgan fingerprint density at radius 3 is 3.13 bits per heavy atom. The fraction of sp³-hybridized carbons (Fsp3) is 0.182. The van der Waals surface area contributed by atoms with Gasteiger partial charge >= 0.3 is 0 Å². The highest BCUT2D eigenvalue weighted by Gasteiger charge is 2.08. The number of pyridine rings is 1. The van der Waals surface area contributed by atoms with Crippen molar-refractivity contribution in [3.63, 3.8) is 0 Å². The van der Waals surface area contributed by atoms with E-state index in [-0.39, 0.29) is 5.75 Å². The number of aromatic hydroxyl groups is 1. The Kier molecular flexibility index (Phi) is 2.33. The van der Waals surface area contributed by atoms with Gasteiger partial charge in [-0.2, -0.15) is 5.10 Å².